The van der Waals surface area contributed by atoms with Crippen LogP contribution in [0.1, 0.15) is 43.7 Å². The van der Waals surface area contributed by atoms with Gasteiger partial charge in [-0.25, -0.2) is 0 Å². The summed E-state index contributed by atoms with van der Waals surface area (Å²) < 4.78 is 11.7. The van der Waals surface area contributed by atoms with Gasteiger partial charge in [-0.15, -0.1) is 0 Å². The number of carboxylic acid groups (broad SMARTS) is 1. The second-order valence-corrected chi connectivity index (χ2v) is 6.66. The predicted molar refractivity (Wildman–Crippen MR) is 87.4 cm³/mol. The molecule has 5 nitrogen and oxygen atoms in total. The second kappa shape index (κ2) is 6.97. The van der Waals surface area contributed by atoms with Gasteiger partial charge < -0.3 is 19.9 Å². The van der Waals surface area contributed by atoms with E-state index in [4.69, 9.17) is 21.1 Å². The molecule has 1 saturated heterocycles. The van der Waals surface area contributed by atoms with Crippen LogP contribution in [0.5, 0.6) is 11.5 Å². The minimum atomic E-state index is -0.780. The van der Waals surface area contributed by atoms with Gasteiger partial charge in [-0.05, 0) is 44.2 Å². The van der Waals surface area contributed by atoms with Crippen LogP contribution in [0.4, 0.5) is 0 Å². The first-order valence-corrected chi connectivity index (χ1v) is 8.47. The van der Waals surface area contributed by atoms with E-state index < -0.39 is 11.9 Å². The van der Waals surface area contributed by atoms with Gasteiger partial charge >= 0.3 is 5.97 Å². The first-order chi connectivity index (χ1) is 11.1. The van der Waals surface area contributed by atoms with Gasteiger partial charge in [0.25, 0.3) is 0 Å². The van der Waals surface area contributed by atoms with Crippen molar-refractivity contribution in [3.8, 4) is 11.5 Å². The Morgan fingerprint density at radius 1 is 1.35 bits per heavy atom. The van der Waals surface area contributed by atoms with E-state index in [1.165, 1.54) is 12.8 Å². The maximum absolute atomic E-state index is 11.2. The number of carbonyl (C=O) groups is 1. The largest absolute Gasteiger partial charge is 0.493 e. The van der Waals surface area contributed by atoms with E-state index in [-0.39, 0.29) is 12.1 Å². The Morgan fingerprint density at radius 3 is 2.70 bits per heavy atom. The molecule has 0 aromatic heterocycles. The zero-order valence-electron chi connectivity index (χ0n) is 13.2. The Labute approximate surface area is 140 Å². The highest BCUT2D eigenvalue weighted by Crippen LogP contribution is 2.44. The molecule has 3 rings (SSSR count). The second-order valence-electron chi connectivity index (χ2n) is 6.25. The number of ether oxygens (including phenoxy) is 2. The molecule has 1 heterocycles. The standard InChI is InChI=1S/C17H22ClNO4/c1-22-14-7-6-12(18)15(13-8-10(9-19-13)17(20)21)16(14)23-11-4-2-3-5-11/h6-7,10-11,13,19H,2-5,8-9H2,1H3,(H,20,21). The third kappa shape index (κ3) is 3.40. The number of aliphatic carboxylic acids is 1. The van der Waals surface area contributed by atoms with Gasteiger partial charge in [-0.1, -0.05) is 11.6 Å². The number of halogens is 1. The van der Waals surface area contributed by atoms with Crippen LogP contribution in [0.2, 0.25) is 5.02 Å². The van der Waals surface area contributed by atoms with Crippen molar-refractivity contribution in [3.63, 3.8) is 0 Å². The fourth-order valence-corrected chi connectivity index (χ4v) is 3.76. The molecule has 0 amide bonds. The summed E-state index contributed by atoms with van der Waals surface area (Å²) in [6.07, 6.45) is 5.09. The lowest BCUT2D eigenvalue weighted by Crippen LogP contribution is -2.19. The maximum atomic E-state index is 11.2. The summed E-state index contributed by atoms with van der Waals surface area (Å²) >= 11 is 6.43. The van der Waals surface area contributed by atoms with Crippen LogP contribution >= 0.6 is 11.6 Å². The molecule has 0 spiro atoms. The number of nitrogens with one attached hydrogen (secondary N) is 1. The van der Waals surface area contributed by atoms with E-state index in [1.807, 2.05) is 0 Å². The number of benzene rings is 1. The van der Waals surface area contributed by atoms with E-state index in [9.17, 15) is 9.90 Å². The summed E-state index contributed by atoms with van der Waals surface area (Å²) in [5, 5.41) is 13.1. The van der Waals surface area contributed by atoms with Crippen LogP contribution in [-0.4, -0.2) is 30.8 Å². The smallest absolute Gasteiger partial charge is 0.307 e. The number of carboxylic acids is 1. The third-order valence-corrected chi connectivity index (χ3v) is 5.07. The van der Waals surface area contributed by atoms with E-state index >= 15 is 0 Å². The van der Waals surface area contributed by atoms with E-state index in [2.05, 4.69) is 5.32 Å². The van der Waals surface area contributed by atoms with Crippen LogP contribution in [0.25, 0.3) is 0 Å². The maximum Gasteiger partial charge on any atom is 0.307 e. The van der Waals surface area contributed by atoms with Crippen LogP contribution < -0.4 is 14.8 Å². The summed E-state index contributed by atoms with van der Waals surface area (Å²) in [6, 6.07) is 3.46. The normalized spacial score (nSPS) is 24.8. The molecule has 0 radical (unpaired) electrons. The quantitative estimate of drug-likeness (QED) is 0.860. The summed E-state index contributed by atoms with van der Waals surface area (Å²) in [5.74, 6) is 0.131. The SMILES string of the molecule is COc1ccc(Cl)c(C2CC(C(=O)O)CN2)c1OC1CCCC1. The molecule has 2 aliphatic rings. The molecular weight excluding hydrogens is 318 g/mol. The van der Waals surface area contributed by atoms with Crippen LogP contribution in [-0.2, 0) is 4.79 Å². The van der Waals surface area contributed by atoms with E-state index in [0.717, 1.165) is 18.4 Å². The minimum Gasteiger partial charge on any atom is -0.493 e. The fourth-order valence-electron chi connectivity index (χ4n) is 3.48. The highest BCUT2D eigenvalue weighted by atomic mass is 35.5. The molecular formula is C17H22ClNO4. The van der Waals surface area contributed by atoms with Crippen molar-refractivity contribution >= 4 is 17.6 Å². The Bertz CT molecular complexity index is 586. The first kappa shape index (κ1) is 16.4. The Balaban J connectivity index is 1.92. The summed E-state index contributed by atoms with van der Waals surface area (Å²) in [7, 11) is 1.61. The topological polar surface area (TPSA) is 67.8 Å². The van der Waals surface area contributed by atoms with Crippen molar-refractivity contribution in [2.24, 2.45) is 5.92 Å². The van der Waals surface area contributed by atoms with Gasteiger partial charge in [-0.2, -0.15) is 0 Å². The summed E-state index contributed by atoms with van der Waals surface area (Å²) in [5.41, 5.74) is 0.821. The molecule has 2 atom stereocenters. The molecule has 1 aliphatic heterocycles. The van der Waals surface area contributed by atoms with Crippen molar-refractivity contribution in [1.29, 1.82) is 0 Å². The summed E-state index contributed by atoms with van der Waals surface area (Å²) in [4.78, 5) is 11.2. The molecule has 23 heavy (non-hydrogen) atoms. The van der Waals surface area contributed by atoms with Gasteiger partial charge in [0.1, 0.15) is 0 Å². The Morgan fingerprint density at radius 2 is 2.09 bits per heavy atom. The zero-order chi connectivity index (χ0) is 16.4. The van der Waals surface area contributed by atoms with E-state index in [0.29, 0.717) is 29.5 Å². The van der Waals surface area contributed by atoms with Crippen molar-refractivity contribution in [2.75, 3.05) is 13.7 Å². The van der Waals surface area contributed by atoms with Gasteiger partial charge in [0, 0.05) is 23.2 Å². The molecule has 1 aromatic rings. The molecule has 2 unspecified atom stereocenters. The molecule has 1 aliphatic carbocycles. The molecule has 126 valence electrons. The highest BCUT2D eigenvalue weighted by Gasteiger charge is 2.34. The van der Waals surface area contributed by atoms with Gasteiger partial charge in [0.2, 0.25) is 0 Å². The van der Waals surface area contributed by atoms with Crippen molar-refractivity contribution < 1.29 is 19.4 Å². The molecule has 2 fully saturated rings. The monoisotopic (exact) mass is 339 g/mol. The van der Waals surface area contributed by atoms with Crippen molar-refractivity contribution in [3.05, 3.63) is 22.7 Å². The average molecular weight is 340 g/mol. The number of methoxy groups -OCH3 is 1. The van der Waals surface area contributed by atoms with Gasteiger partial charge in [-0.3, -0.25) is 4.79 Å². The van der Waals surface area contributed by atoms with Crippen LogP contribution in [0, 0.1) is 5.92 Å². The number of hydrogen-bond donors (Lipinski definition) is 2. The predicted octanol–water partition coefficient (Wildman–Crippen LogP) is 3.41. The molecule has 0 bridgehead atoms. The van der Waals surface area contributed by atoms with Gasteiger partial charge in [0.15, 0.2) is 11.5 Å². The van der Waals surface area contributed by atoms with E-state index in [1.54, 1.807) is 19.2 Å². The molecule has 1 saturated carbocycles. The van der Waals surface area contributed by atoms with Crippen LogP contribution in [0.3, 0.4) is 0 Å². The first-order valence-electron chi connectivity index (χ1n) is 8.09. The zero-order valence-corrected chi connectivity index (χ0v) is 13.9. The van der Waals surface area contributed by atoms with Gasteiger partial charge in [0.05, 0.1) is 19.1 Å². The lowest BCUT2D eigenvalue weighted by Gasteiger charge is -2.23. The number of rotatable bonds is 5. The Kier molecular flexibility index (Phi) is 4.97. The third-order valence-electron chi connectivity index (χ3n) is 4.74. The summed E-state index contributed by atoms with van der Waals surface area (Å²) in [6.45, 7) is 0.441. The average Bonchev–Trinajstić information content (AvgIpc) is 3.19. The Hall–Kier alpha value is -1.46. The number of hydrogen-bond acceptors (Lipinski definition) is 4. The molecule has 6 heteroatoms. The van der Waals surface area contributed by atoms with Crippen LogP contribution in [0.15, 0.2) is 12.1 Å². The molecule has 2 N–H and O–H groups in total. The lowest BCUT2D eigenvalue weighted by molar-refractivity contribution is -0.141. The van der Waals surface area contributed by atoms with Crippen molar-refractivity contribution in [1.82, 2.24) is 5.32 Å². The van der Waals surface area contributed by atoms with Crippen molar-refractivity contribution in [2.45, 2.75) is 44.2 Å². The fraction of sp³-hybridized carbons (Fsp3) is 0.588. The highest BCUT2D eigenvalue weighted by molar-refractivity contribution is 6.31. The minimum absolute atomic E-state index is 0.130. The lowest BCUT2D eigenvalue weighted by atomic mass is 9.98. The molecule has 1 aromatic carbocycles.